The first-order valence-electron chi connectivity index (χ1n) is 11.0. The summed E-state index contributed by atoms with van der Waals surface area (Å²) in [4.78, 5) is 29.3. The van der Waals surface area contributed by atoms with E-state index in [1.807, 2.05) is 62.1 Å². The van der Waals surface area contributed by atoms with Crippen molar-refractivity contribution in [3.63, 3.8) is 0 Å². The molecule has 3 aromatic rings. The van der Waals surface area contributed by atoms with Crippen LogP contribution in [0.15, 0.2) is 65.1 Å². The number of halogens is 1. The Hall–Kier alpha value is -3.25. The van der Waals surface area contributed by atoms with Crippen molar-refractivity contribution in [3.05, 3.63) is 71.4 Å². The van der Waals surface area contributed by atoms with Gasteiger partial charge in [0.25, 0.3) is 5.91 Å². The lowest BCUT2D eigenvalue weighted by Gasteiger charge is -2.38. The van der Waals surface area contributed by atoms with E-state index in [0.29, 0.717) is 29.6 Å². The Labute approximate surface area is 199 Å². The van der Waals surface area contributed by atoms with Crippen LogP contribution >= 0.6 is 11.6 Å². The van der Waals surface area contributed by atoms with Gasteiger partial charge in [0.15, 0.2) is 5.76 Å². The third-order valence-electron chi connectivity index (χ3n) is 5.66. The maximum Gasteiger partial charge on any atom is 0.291 e. The number of furan rings is 1. The van der Waals surface area contributed by atoms with Gasteiger partial charge in [-0.2, -0.15) is 0 Å². The number of anilines is 2. The molecule has 0 radical (unpaired) electrons. The lowest BCUT2D eigenvalue weighted by atomic mass is 9.94. The van der Waals surface area contributed by atoms with Crippen molar-refractivity contribution in [2.75, 3.05) is 36.4 Å². The van der Waals surface area contributed by atoms with Gasteiger partial charge in [0, 0.05) is 53.6 Å². The van der Waals surface area contributed by atoms with Crippen molar-refractivity contribution in [2.24, 2.45) is 5.41 Å². The number of hydrogen-bond donors (Lipinski definition) is 1. The second-order valence-corrected chi connectivity index (χ2v) is 9.64. The molecule has 1 fully saturated rings. The van der Waals surface area contributed by atoms with E-state index in [9.17, 15) is 9.59 Å². The first-order chi connectivity index (χ1) is 15.7. The van der Waals surface area contributed by atoms with Crippen LogP contribution in [0.5, 0.6) is 0 Å². The van der Waals surface area contributed by atoms with Crippen molar-refractivity contribution >= 4 is 34.8 Å². The van der Waals surface area contributed by atoms with E-state index < -0.39 is 0 Å². The molecule has 1 aromatic heterocycles. The highest BCUT2D eigenvalue weighted by Crippen LogP contribution is 2.25. The predicted octanol–water partition coefficient (Wildman–Crippen LogP) is 5.55. The molecule has 0 aliphatic carbocycles. The summed E-state index contributed by atoms with van der Waals surface area (Å²) in [6.07, 6.45) is 0. The van der Waals surface area contributed by atoms with Crippen LogP contribution in [0.2, 0.25) is 5.02 Å². The van der Waals surface area contributed by atoms with Gasteiger partial charge in [-0.1, -0.05) is 32.4 Å². The van der Waals surface area contributed by atoms with Gasteiger partial charge < -0.3 is 19.5 Å². The fourth-order valence-electron chi connectivity index (χ4n) is 3.82. The summed E-state index contributed by atoms with van der Waals surface area (Å²) in [5.41, 5.74) is 2.26. The number of piperazine rings is 1. The Balaban J connectivity index is 1.34. The van der Waals surface area contributed by atoms with Crippen molar-refractivity contribution in [1.29, 1.82) is 0 Å². The summed E-state index contributed by atoms with van der Waals surface area (Å²) < 4.78 is 5.72. The maximum atomic E-state index is 12.6. The van der Waals surface area contributed by atoms with Crippen LogP contribution in [0.25, 0.3) is 11.3 Å². The second kappa shape index (κ2) is 9.32. The zero-order valence-corrected chi connectivity index (χ0v) is 19.9. The summed E-state index contributed by atoms with van der Waals surface area (Å²) in [6, 6.07) is 18.4. The molecule has 0 atom stereocenters. The molecule has 7 heteroatoms. The molecule has 2 amide bonds. The van der Waals surface area contributed by atoms with Gasteiger partial charge in [0.2, 0.25) is 5.91 Å². The van der Waals surface area contributed by atoms with Crippen LogP contribution < -0.4 is 10.2 Å². The molecule has 1 aliphatic rings. The molecular formula is C26H28ClN3O3. The first kappa shape index (κ1) is 22.9. The zero-order valence-electron chi connectivity index (χ0n) is 19.1. The molecule has 1 saturated heterocycles. The monoisotopic (exact) mass is 465 g/mol. The fraction of sp³-hybridized carbons (Fsp3) is 0.308. The number of hydrogen-bond acceptors (Lipinski definition) is 4. The smallest absolute Gasteiger partial charge is 0.291 e. The minimum Gasteiger partial charge on any atom is -0.451 e. The van der Waals surface area contributed by atoms with Crippen LogP contribution in [0.3, 0.4) is 0 Å². The molecule has 2 heterocycles. The number of carbonyl (C=O) groups is 2. The number of amides is 2. The van der Waals surface area contributed by atoms with Crippen LogP contribution in [0.4, 0.5) is 11.4 Å². The lowest BCUT2D eigenvalue weighted by Crippen LogP contribution is -2.51. The minimum absolute atomic E-state index is 0.192. The van der Waals surface area contributed by atoms with Crippen molar-refractivity contribution < 1.29 is 14.0 Å². The average Bonchev–Trinajstić information content (AvgIpc) is 3.30. The van der Waals surface area contributed by atoms with Crippen LogP contribution in [-0.4, -0.2) is 42.9 Å². The van der Waals surface area contributed by atoms with Gasteiger partial charge in [-0.15, -0.1) is 0 Å². The number of carbonyl (C=O) groups excluding carboxylic acids is 2. The number of rotatable bonds is 4. The molecule has 0 saturated carbocycles. The quantitative estimate of drug-likeness (QED) is 0.548. The van der Waals surface area contributed by atoms with E-state index in [-0.39, 0.29) is 23.0 Å². The Bertz CT molecular complexity index is 1120. The standard InChI is InChI=1S/C26H28ClN3O3/c1-26(2,3)25(32)30-16-14-29(15-17-30)21-10-8-20(9-11-21)28-24(31)23-13-12-22(33-23)18-4-6-19(27)7-5-18/h4-13H,14-17H2,1-3H3,(H,28,31). The summed E-state index contributed by atoms with van der Waals surface area (Å²) in [6.45, 7) is 8.86. The lowest BCUT2D eigenvalue weighted by molar-refractivity contribution is -0.139. The van der Waals surface area contributed by atoms with Crippen LogP contribution in [0.1, 0.15) is 31.3 Å². The average molecular weight is 466 g/mol. The Morgan fingerprint density at radius 1 is 0.879 bits per heavy atom. The fourth-order valence-corrected chi connectivity index (χ4v) is 3.95. The zero-order chi connectivity index (χ0) is 23.6. The van der Waals surface area contributed by atoms with E-state index in [0.717, 1.165) is 24.3 Å². The molecule has 0 spiro atoms. The number of nitrogens with zero attached hydrogens (tertiary/aromatic N) is 2. The number of nitrogens with one attached hydrogen (secondary N) is 1. The number of benzene rings is 2. The van der Waals surface area contributed by atoms with Gasteiger partial charge in [-0.25, -0.2) is 0 Å². The highest BCUT2D eigenvalue weighted by Gasteiger charge is 2.29. The van der Waals surface area contributed by atoms with Crippen molar-refractivity contribution in [2.45, 2.75) is 20.8 Å². The molecule has 172 valence electrons. The third-order valence-corrected chi connectivity index (χ3v) is 5.91. The first-order valence-corrected chi connectivity index (χ1v) is 11.4. The molecule has 4 rings (SSSR count). The molecule has 6 nitrogen and oxygen atoms in total. The third kappa shape index (κ3) is 5.40. The van der Waals surface area contributed by atoms with E-state index in [2.05, 4.69) is 10.2 Å². The van der Waals surface area contributed by atoms with Gasteiger partial charge in [0.1, 0.15) is 5.76 Å². The molecule has 33 heavy (non-hydrogen) atoms. The minimum atomic E-state index is -0.356. The van der Waals surface area contributed by atoms with E-state index in [4.69, 9.17) is 16.0 Å². The summed E-state index contributed by atoms with van der Waals surface area (Å²) >= 11 is 5.93. The van der Waals surface area contributed by atoms with E-state index in [1.54, 1.807) is 24.3 Å². The van der Waals surface area contributed by atoms with Gasteiger partial charge in [0.05, 0.1) is 0 Å². The molecular weight excluding hydrogens is 438 g/mol. The normalized spacial score (nSPS) is 14.3. The van der Waals surface area contributed by atoms with Crippen molar-refractivity contribution in [3.8, 4) is 11.3 Å². The molecule has 0 unspecified atom stereocenters. The summed E-state index contributed by atoms with van der Waals surface area (Å²) in [7, 11) is 0. The highest BCUT2D eigenvalue weighted by atomic mass is 35.5. The second-order valence-electron chi connectivity index (χ2n) is 9.20. The predicted molar refractivity (Wildman–Crippen MR) is 132 cm³/mol. The molecule has 1 aliphatic heterocycles. The molecule has 0 bridgehead atoms. The largest absolute Gasteiger partial charge is 0.451 e. The van der Waals surface area contributed by atoms with E-state index >= 15 is 0 Å². The van der Waals surface area contributed by atoms with Crippen LogP contribution in [-0.2, 0) is 4.79 Å². The van der Waals surface area contributed by atoms with E-state index in [1.165, 1.54) is 0 Å². The Morgan fingerprint density at radius 3 is 2.12 bits per heavy atom. The topological polar surface area (TPSA) is 65.8 Å². The summed E-state index contributed by atoms with van der Waals surface area (Å²) in [5.74, 6) is 0.731. The Kier molecular flexibility index (Phi) is 6.47. The van der Waals surface area contributed by atoms with Crippen molar-refractivity contribution in [1.82, 2.24) is 4.90 Å². The molecule has 1 N–H and O–H groups in total. The van der Waals surface area contributed by atoms with Gasteiger partial charge in [-0.05, 0) is 60.7 Å². The maximum absolute atomic E-state index is 12.6. The highest BCUT2D eigenvalue weighted by molar-refractivity contribution is 6.30. The summed E-state index contributed by atoms with van der Waals surface area (Å²) in [5, 5.41) is 3.52. The van der Waals surface area contributed by atoms with Crippen LogP contribution in [0, 0.1) is 5.41 Å². The SMILES string of the molecule is CC(C)(C)C(=O)N1CCN(c2ccc(NC(=O)c3ccc(-c4ccc(Cl)cc4)o3)cc2)CC1. The van der Waals surface area contributed by atoms with Gasteiger partial charge in [-0.3, -0.25) is 9.59 Å². The Morgan fingerprint density at radius 2 is 1.52 bits per heavy atom. The molecule has 2 aromatic carbocycles. The van der Waals surface area contributed by atoms with Gasteiger partial charge >= 0.3 is 0 Å².